The molecule has 2 saturated heterocycles. The number of likely N-dealkylation sites (tertiary alicyclic amines) is 1. The van der Waals surface area contributed by atoms with Gasteiger partial charge in [0.1, 0.15) is 5.76 Å². The van der Waals surface area contributed by atoms with Crippen LogP contribution in [0.25, 0.3) is 0 Å². The van der Waals surface area contributed by atoms with Crippen LogP contribution in [-0.4, -0.2) is 50.3 Å². The predicted molar refractivity (Wildman–Crippen MR) is 77.0 cm³/mol. The molecule has 0 bridgehead atoms. The Morgan fingerprint density at radius 1 is 1.45 bits per heavy atom. The Hall–Kier alpha value is -1.33. The molecule has 0 saturated carbocycles. The van der Waals surface area contributed by atoms with Gasteiger partial charge in [-0.15, -0.1) is 0 Å². The molecule has 20 heavy (non-hydrogen) atoms. The minimum Gasteiger partial charge on any atom is -0.500 e. The van der Waals surface area contributed by atoms with E-state index in [0.29, 0.717) is 12.0 Å². The van der Waals surface area contributed by atoms with Gasteiger partial charge < -0.3 is 14.8 Å². The van der Waals surface area contributed by atoms with Crippen molar-refractivity contribution in [3.05, 3.63) is 23.6 Å². The molecule has 0 aromatic heterocycles. The van der Waals surface area contributed by atoms with E-state index in [-0.39, 0.29) is 5.91 Å². The van der Waals surface area contributed by atoms with E-state index >= 15 is 0 Å². The van der Waals surface area contributed by atoms with Crippen LogP contribution in [0.5, 0.6) is 0 Å². The number of hydrogen-bond donors (Lipinski definition) is 1. The number of carbonyl (C=O) groups is 1. The molecule has 0 aliphatic carbocycles. The number of fused-ring (bicyclic) bond motifs is 1. The van der Waals surface area contributed by atoms with Gasteiger partial charge in [-0.25, -0.2) is 0 Å². The summed E-state index contributed by atoms with van der Waals surface area (Å²) < 4.78 is 10.7. The lowest BCUT2D eigenvalue weighted by molar-refractivity contribution is -0.115. The summed E-state index contributed by atoms with van der Waals surface area (Å²) in [7, 11) is 1.59. The average molecular weight is 280 g/mol. The molecule has 2 atom stereocenters. The Balaban J connectivity index is 1.72. The van der Waals surface area contributed by atoms with Gasteiger partial charge in [0.05, 0.1) is 18.9 Å². The van der Waals surface area contributed by atoms with Gasteiger partial charge in [0.2, 0.25) is 5.91 Å². The van der Waals surface area contributed by atoms with Crippen LogP contribution in [0.2, 0.25) is 0 Å². The van der Waals surface area contributed by atoms with Crippen molar-refractivity contribution in [3.63, 3.8) is 0 Å². The van der Waals surface area contributed by atoms with Crippen molar-refractivity contribution in [1.29, 1.82) is 0 Å². The van der Waals surface area contributed by atoms with Crippen LogP contribution < -0.4 is 5.32 Å². The van der Waals surface area contributed by atoms with E-state index in [1.54, 1.807) is 13.2 Å². The zero-order chi connectivity index (χ0) is 14.5. The Labute approximate surface area is 120 Å². The van der Waals surface area contributed by atoms with Crippen molar-refractivity contribution >= 4 is 5.91 Å². The molecular weight excluding hydrogens is 256 g/mol. The van der Waals surface area contributed by atoms with Crippen LogP contribution >= 0.6 is 0 Å². The maximum Gasteiger partial charge on any atom is 0.247 e. The summed E-state index contributed by atoms with van der Waals surface area (Å²) >= 11 is 0. The molecule has 2 unspecified atom stereocenters. The summed E-state index contributed by atoms with van der Waals surface area (Å²) in [5.74, 6) is 1.29. The number of hydrogen-bond acceptors (Lipinski definition) is 4. The smallest absolute Gasteiger partial charge is 0.247 e. The summed E-state index contributed by atoms with van der Waals surface area (Å²) in [6.45, 7) is 7.42. The van der Waals surface area contributed by atoms with Crippen molar-refractivity contribution in [1.82, 2.24) is 10.2 Å². The van der Waals surface area contributed by atoms with Gasteiger partial charge in [0, 0.05) is 38.2 Å². The zero-order valence-corrected chi connectivity index (χ0v) is 12.5. The summed E-state index contributed by atoms with van der Waals surface area (Å²) in [5, 5.41) is 2.78. The topological polar surface area (TPSA) is 50.8 Å². The summed E-state index contributed by atoms with van der Waals surface area (Å²) in [6, 6.07) is 0. The highest BCUT2D eigenvalue weighted by molar-refractivity contribution is 5.88. The summed E-state index contributed by atoms with van der Waals surface area (Å²) in [4.78, 5) is 14.0. The molecule has 1 amide bonds. The third-order valence-electron chi connectivity index (χ3n) is 4.06. The fourth-order valence-electron chi connectivity index (χ4n) is 2.69. The van der Waals surface area contributed by atoms with Gasteiger partial charge in [-0.3, -0.25) is 9.69 Å². The number of rotatable bonds is 5. The molecule has 0 aromatic rings. The minimum atomic E-state index is -0.116. The second kappa shape index (κ2) is 6.90. The Morgan fingerprint density at radius 2 is 2.25 bits per heavy atom. The van der Waals surface area contributed by atoms with E-state index in [2.05, 4.69) is 10.2 Å². The lowest BCUT2D eigenvalue weighted by Crippen LogP contribution is -2.24. The highest BCUT2D eigenvalue weighted by Gasteiger charge is 2.36. The third kappa shape index (κ3) is 3.84. The highest BCUT2D eigenvalue weighted by Crippen LogP contribution is 2.28. The fraction of sp³-hybridized carbons (Fsp3) is 0.667. The molecule has 5 heteroatoms. The molecule has 2 heterocycles. The first-order valence-electron chi connectivity index (χ1n) is 7.13. The molecule has 2 aliphatic rings. The van der Waals surface area contributed by atoms with Crippen LogP contribution in [-0.2, 0) is 14.3 Å². The number of carbonyl (C=O) groups excluding carboxylic acids is 1. The summed E-state index contributed by atoms with van der Waals surface area (Å²) in [5.41, 5.74) is 0.742. The van der Waals surface area contributed by atoms with Crippen molar-refractivity contribution in [3.8, 4) is 0 Å². The van der Waals surface area contributed by atoms with Crippen LogP contribution in [0.1, 0.15) is 20.3 Å². The molecule has 2 rings (SSSR count). The molecule has 0 aromatic carbocycles. The van der Waals surface area contributed by atoms with Crippen molar-refractivity contribution in [2.75, 3.05) is 33.4 Å². The van der Waals surface area contributed by atoms with Gasteiger partial charge >= 0.3 is 0 Å². The normalized spacial score (nSPS) is 27.6. The van der Waals surface area contributed by atoms with Crippen LogP contribution in [0, 0.1) is 5.92 Å². The van der Waals surface area contributed by atoms with Crippen LogP contribution in [0.3, 0.4) is 0 Å². The molecular formula is C15H24N2O3. The number of ether oxygens (including phenoxy) is 2. The zero-order valence-electron chi connectivity index (χ0n) is 12.5. The lowest BCUT2D eigenvalue weighted by Gasteiger charge is -2.13. The first-order chi connectivity index (χ1) is 9.60. The first kappa shape index (κ1) is 15.1. The van der Waals surface area contributed by atoms with Crippen LogP contribution in [0.15, 0.2) is 23.6 Å². The molecule has 1 N–H and O–H groups in total. The second-order valence-electron chi connectivity index (χ2n) is 5.45. The quantitative estimate of drug-likeness (QED) is 0.609. The highest BCUT2D eigenvalue weighted by atomic mass is 16.5. The third-order valence-corrected chi connectivity index (χ3v) is 4.06. The Bertz CT molecular complexity index is 405. The fourth-order valence-corrected chi connectivity index (χ4v) is 2.69. The molecule has 2 aliphatic heterocycles. The lowest BCUT2D eigenvalue weighted by atomic mass is 10.1. The Morgan fingerprint density at radius 3 is 2.95 bits per heavy atom. The van der Waals surface area contributed by atoms with E-state index in [9.17, 15) is 4.79 Å². The van der Waals surface area contributed by atoms with E-state index in [1.165, 1.54) is 6.42 Å². The molecule has 112 valence electrons. The van der Waals surface area contributed by atoms with Crippen molar-refractivity contribution < 1.29 is 14.3 Å². The molecule has 0 spiro atoms. The SMILES string of the molecule is COC(C)=C(C)NC(=O)C=CCN1CC2CCOC2C1. The molecule has 2 fully saturated rings. The van der Waals surface area contributed by atoms with Gasteiger partial charge in [-0.05, 0) is 20.3 Å². The number of amides is 1. The summed E-state index contributed by atoms with van der Waals surface area (Å²) in [6.07, 6.45) is 5.07. The number of allylic oxidation sites excluding steroid dienone is 2. The second-order valence-corrected chi connectivity index (χ2v) is 5.45. The number of methoxy groups -OCH3 is 1. The van der Waals surface area contributed by atoms with Gasteiger partial charge in [0.25, 0.3) is 0 Å². The van der Waals surface area contributed by atoms with E-state index in [1.807, 2.05) is 19.9 Å². The largest absolute Gasteiger partial charge is 0.500 e. The van der Waals surface area contributed by atoms with Gasteiger partial charge in [-0.2, -0.15) is 0 Å². The molecule has 0 radical (unpaired) electrons. The predicted octanol–water partition coefficient (Wildman–Crippen LogP) is 1.28. The maximum absolute atomic E-state index is 11.7. The van der Waals surface area contributed by atoms with Gasteiger partial charge in [0.15, 0.2) is 0 Å². The average Bonchev–Trinajstić information content (AvgIpc) is 2.98. The van der Waals surface area contributed by atoms with Crippen LogP contribution in [0.4, 0.5) is 0 Å². The van der Waals surface area contributed by atoms with Crippen molar-refractivity contribution in [2.24, 2.45) is 5.92 Å². The maximum atomic E-state index is 11.7. The van der Waals surface area contributed by atoms with Crippen molar-refractivity contribution in [2.45, 2.75) is 26.4 Å². The standard InChI is InChI=1S/C15H24N2O3/c1-11(12(2)19-3)16-15(18)5-4-7-17-9-13-6-8-20-14(13)10-17/h4-5,13-14H,6-10H2,1-3H3,(H,16,18). The van der Waals surface area contributed by atoms with Gasteiger partial charge in [-0.1, -0.05) is 6.08 Å². The number of nitrogens with zero attached hydrogens (tertiary/aromatic N) is 1. The first-order valence-corrected chi connectivity index (χ1v) is 7.13. The monoisotopic (exact) mass is 280 g/mol. The minimum absolute atomic E-state index is 0.116. The van der Waals surface area contributed by atoms with E-state index in [0.717, 1.165) is 37.7 Å². The molecule has 5 nitrogen and oxygen atoms in total. The number of nitrogens with one attached hydrogen (secondary N) is 1. The van der Waals surface area contributed by atoms with E-state index in [4.69, 9.17) is 9.47 Å². The Kier molecular flexibility index (Phi) is 5.20. The van der Waals surface area contributed by atoms with E-state index < -0.39 is 0 Å².